The highest BCUT2D eigenvalue weighted by Gasteiger charge is 1.93. The van der Waals surface area contributed by atoms with Crippen molar-refractivity contribution >= 4 is 17.9 Å². The van der Waals surface area contributed by atoms with E-state index in [0.29, 0.717) is 0 Å². The van der Waals surface area contributed by atoms with Gasteiger partial charge in [0.15, 0.2) is 0 Å². The zero-order valence-electron chi connectivity index (χ0n) is 7.12. The minimum atomic E-state index is 0.827. The molecule has 1 heteroatoms. The zero-order chi connectivity index (χ0) is 8.39. The van der Waals surface area contributed by atoms with Crippen LogP contribution in [-0.4, -0.2) is 12.8 Å². The van der Waals surface area contributed by atoms with Crippen molar-refractivity contribution in [2.75, 3.05) is 6.54 Å². The third-order valence-corrected chi connectivity index (χ3v) is 2.11. The second-order valence-electron chi connectivity index (χ2n) is 3.02. The fourth-order valence-electron chi connectivity index (χ4n) is 1.44. The molecule has 0 fully saturated rings. The molecular weight excluding hydrogens is 146 g/mol. The molecule has 0 radical (unpaired) electrons. The Balaban J connectivity index is 2.88. The Labute approximate surface area is 71.8 Å². The SMILES string of the molecule is CC1=c2ccccc2=CC=NC1. The number of benzene rings is 1. The van der Waals surface area contributed by atoms with Crippen LogP contribution in [0.2, 0.25) is 0 Å². The molecule has 1 aliphatic heterocycles. The molecule has 0 bridgehead atoms. The van der Waals surface area contributed by atoms with Crippen LogP contribution in [0.5, 0.6) is 0 Å². The van der Waals surface area contributed by atoms with Crippen LogP contribution >= 0.6 is 0 Å². The number of aliphatic imine (C=N–C) groups is 1. The van der Waals surface area contributed by atoms with Crippen LogP contribution in [0.15, 0.2) is 29.3 Å². The standard InChI is InChI=1S/C11H11N/c1-9-8-12-7-6-10-4-2-3-5-11(9)10/h2-7H,8H2,1H3. The highest BCUT2D eigenvalue weighted by atomic mass is 14.7. The first kappa shape index (κ1) is 7.29. The molecule has 1 nitrogen and oxygen atoms in total. The van der Waals surface area contributed by atoms with E-state index >= 15 is 0 Å². The lowest BCUT2D eigenvalue weighted by Gasteiger charge is -1.93. The Morgan fingerprint density at radius 1 is 1.25 bits per heavy atom. The summed E-state index contributed by atoms with van der Waals surface area (Å²) in [6, 6.07) is 8.40. The van der Waals surface area contributed by atoms with Gasteiger partial charge in [-0.15, -0.1) is 0 Å². The van der Waals surface area contributed by atoms with Crippen LogP contribution in [0.3, 0.4) is 0 Å². The van der Waals surface area contributed by atoms with E-state index in [2.05, 4.69) is 42.3 Å². The smallest absolute Gasteiger partial charge is 0.0605 e. The molecular formula is C11H11N. The third kappa shape index (κ3) is 1.18. The Morgan fingerprint density at radius 3 is 3.00 bits per heavy atom. The number of hydrogen-bond donors (Lipinski definition) is 0. The van der Waals surface area contributed by atoms with Gasteiger partial charge in [0.05, 0.1) is 6.54 Å². The van der Waals surface area contributed by atoms with Gasteiger partial charge in [-0.2, -0.15) is 0 Å². The lowest BCUT2D eigenvalue weighted by Crippen LogP contribution is -2.25. The summed E-state index contributed by atoms with van der Waals surface area (Å²) in [6.07, 6.45) is 3.95. The van der Waals surface area contributed by atoms with Crippen LogP contribution in [0.1, 0.15) is 6.92 Å². The van der Waals surface area contributed by atoms with Crippen molar-refractivity contribution in [3.8, 4) is 0 Å². The molecule has 1 aliphatic rings. The molecule has 0 atom stereocenters. The fourth-order valence-corrected chi connectivity index (χ4v) is 1.44. The van der Waals surface area contributed by atoms with E-state index in [1.54, 1.807) is 0 Å². The third-order valence-electron chi connectivity index (χ3n) is 2.11. The van der Waals surface area contributed by atoms with E-state index < -0.39 is 0 Å². The Hall–Kier alpha value is -1.37. The predicted molar refractivity (Wildman–Crippen MR) is 52.6 cm³/mol. The van der Waals surface area contributed by atoms with Gasteiger partial charge in [-0.1, -0.05) is 24.3 Å². The van der Waals surface area contributed by atoms with Crippen molar-refractivity contribution in [1.82, 2.24) is 0 Å². The summed E-state index contributed by atoms with van der Waals surface area (Å²) >= 11 is 0. The van der Waals surface area contributed by atoms with Crippen molar-refractivity contribution in [2.24, 2.45) is 4.99 Å². The molecule has 0 saturated carbocycles. The maximum atomic E-state index is 4.25. The predicted octanol–water partition coefficient (Wildman–Crippen LogP) is 0.722. The van der Waals surface area contributed by atoms with Crippen molar-refractivity contribution in [2.45, 2.75) is 6.92 Å². The highest BCUT2D eigenvalue weighted by Crippen LogP contribution is 1.91. The van der Waals surface area contributed by atoms with Gasteiger partial charge in [0.2, 0.25) is 0 Å². The number of hydrogen-bond acceptors (Lipinski definition) is 1. The summed E-state index contributed by atoms with van der Waals surface area (Å²) in [7, 11) is 0. The molecule has 2 rings (SSSR count). The van der Waals surface area contributed by atoms with Crippen LogP contribution in [0.4, 0.5) is 0 Å². The summed E-state index contributed by atoms with van der Waals surface area (Å²) in [4.78, 5) is 4.25. The molecule has 0 aliphatic carbocycles. The summed E-state index contributed by atoms with van der Waals surface area (Å²) in [5.41, 5.74) is 1.34. The molecule has 0 N–H and O–H groups in total. The first-order valence-electron chi connectivity index (χ1n) is 4.13. The van der Waals surface area contributed by atoms with Gasteiger partial charge >= 0.3 is 0 Å². The van der Waals surface area contributed by atoms with Crippen molar-refractivity contribution < 1.29 is 0 Å². The molecule has 1 aromatic rings. The monoisotopic (exact) mass is 157 g/mol. The molecule has 0 spiro atoms. The lowest BCUT2D eigenvalue weighted by atomic mass is 10.1. The van der Waals surface area contributed by atoms with E-state index in [4.69, 9.17) is 0 Å². The van der Waals surface area contributed by atoms with Gasteiger partial charge in [-0.05, 0) is 29.0 Å². The normalized spacial score (nSPS) is 14.9. The first-order valence-corrected chi connectivity index (χ1v) is 4.13. The summed E-state index contributed by atoms with van der Waals surface area (Å²) in [5.74, 6) is 0. The van der Waals surface area contributed by atoms with Crippen molar-refractivity contribution in [3.05, 3.63) is 34.7 Å². The summed E-state index contributed by atoms with van der Waals surface area (Å²) < 4.78 is 0. The van der Waals surface area contributed by atoms with Crippen LogP contribution in [0, 0.1) is 0 Å². The molecule has 1 aromatic carbocycles. The Morgan fingerprint density at radius 2 is 2.08 bits per heavy atom. The van der Waals surface area contributed by atoms with Gasteiger partial charge < -0.3 is 0 Å². The minimum absolute atomic E-state index is 0.827. The summed E-state index contributed by atoms with van der Waals surface area (Å²) in [6.45, 7) is 2.96. The molecule has 0 unspecified atom stereocenters. The minimum Gasteiger partial charge on any atom is -0.289 e. The van der Waals surface area contributed by atoms with Gasteiger partial charge in [0.25, 0.3) is 0 Å². The number of rotatable bonds is 0. The highest BCUT2D eigenvalue weighted by molar-refractivity contribution is 5.91. The molecule has 0 amide bonds. The number of fused-ring (bicyclic) bond motifs is 1. The van der Waals surface area contributed by atoms with Crippen molar-refractivity contribution in [3.63, 3.8) is 0 Å². The first-order chi connectivity index (χ1) is 5.88. The van der Waals surface area contributed by atoms with Gasteiger partial charge in [-0.3, -0.25) is 4.99 Å². The lowest BCUT2D eigenvalue weighted by molar-refractivity contribution is 1.24. The van der Waals surface area contributed by atoms with Crippen LogP contribution < -0.4 is 10.4 Å². The van der Waals surface area contributed by atoms with E-state index in [0.717, 1.165) is 6.54 Å². The maximum Gasteiger partial charge on any atom is 0.0605 e. The van der Waals surface area contributed by atoms with Gasteiger partial charge in [-0.25, -0.2) is 0 Å². The quantitative estimate of drug-likeness (QED) is 0.526. The second-order valence-corrected chi connectivity index (χ2v) is 3.02. The van der Waals surface area contributed by atoms with E-state index in [1.165, 1.54) is 16.0 Å². The topological polar surface area (TPSA) is 12.4 Å². The molecule has 0 saturated heterocycles. The molecule has 1 heterocycles. The second kappa shape index (κ2) is 2.94. The van der Waals surface area contributed by atoms with Crippen molar-refractivity contribution in [1.29, 1.82) is 0 Å². The van der Waals surface area contributed by atoms with Crippen LogP contribution in [-0.2, 0) is 0 Å². The fraction of sp³-hybridized carbons (Fsp3) is 0.182. The largest absolute Gasteiger partial charge is 0.289 e. The van der Waals surface area contributed by atoms with E-state index in [-0.39, 0.29) is 0 Å². The van der Waals surface area contributed by atoms with E-state index in [9.17, 15) is 0 Å². The van der Waals surface area contributed by atoms with Gasteiger partial charge in [0.1, 0.15) is 0 Å². The average Bonchev–Trinajstić information content (AvgIpc) is 2.29. The maximum absolute atomic E-state index is 4.25. The van der Waals surface area contributed by atoms with E-state index in [1.807, 2.05) is 6.21 Å². The molecule has 60 valence electrons. The zero-order valence-corrected chi connectivity index (χ0v) is 7.12. The average molecular weight is 157 g/mol. The summed E-state index contributed by atoms with van der Waals surface area (Å²) in [5, 5.41) is 2.60. The van der Waals surface area contributed by atoms with Gasteiger partial charge in [0, 0.05) is 6.21 Å². The van der Waals surface area contributed by atoms with Crippen LogP contribution in [0.25, 0.3) is 11.6 Å². The molecule has 0 aromatic heterocycles. The molecule has 12 heavy (non-hydrogen) atoms. The Kier molecular flexibility index (Phi) is 1.78. The Bertz CT molecular complexity index is 427. The number of nitrogens with zero attached hydrogens (tertiary/aromatic N) is 1.